The molecule has 0 radical (unpaired) electrons. The molecule has 1 aromatic carbocycles. The van der Waals surface area contributed by atoms with Crippen molar-refractivity contribution >= 4 is 11.6 Å². The van der Waals surface area contributed by atoms with Gasteiger partial charge in [0.05, 0.1) is 5.88 Å². The van der Waals surface area contributed by atoms with Gasteiger partial charge in [-0.2, -0.15) is 0 Å². The fourth-order valence-electron chi connectivity index (χ4n) is 1.38. The minimum atomic E-state index is -0.376. The Morgan fingerprint density at radius 2 is 2.11 bits per heavy atom. The van der Waals surface area contributed by atoms with Crippen LogP contribution in [-0.4, -0.2) is 0 Å². The van der Waals surface area contributed by atoms with E-state index in [-0.39, 0.29) is 29.5 Å². The van der Waals surface area contributed by atoms with Crippen molar-refractivity contribution in [2.45, 2.75) is 12.5 Å². The van der Waals surface area contributed by atoms with Crippen LogP contribution in [0.25, 0.3) is 0 Å². The second-order valence-corrected chi connectivity index (χ2v) is 3.86. The molecular formula is C13H10ClFO3. The largest absolute Gasteiger partial charge is 0.482 e. The van der Waals surface area contributed by atoms with E-state index in [1.54, 1.807) is 18.2 Å². The van der Waals surface area contributed by atoms with E-state index < -0.39 is 0 Å². The summed E-state index contributed by atoms with van der Waals surface area (Å²) in [5.41, 5.74) is 0.0339. The molecule has 0 fully saturated rings. The van der Waals surface area contributed by atoms with Crippen LogP contribution in [0.5, 0.6) is 5.75 Å². The van der Waals surface area contributed by atoms with Crippen molar-refractivity contribution in [3.63, 3.8) is 0 Å². The normalized spacial score (nSPS) is 10.3. The molecule has 0 saturated heterocycles. The number of ether oxygens (including phenoxy) is 1. The van der Waals surface area contributed by atoms with Crippen molar-refractivity contribution < 1.29 is 13.5 Å². The first-order valence-corrected chi connectivity index (χ1v) is 5.78. The molecule has 0 bridgehead atoms. The van der Waals surface area contributed by atoms with Gasteiger partial charge in [0.2, 0.25) is 11.2 Å². The lowest BCUT2D eigenvalue weighted by Crippen LogP contribution is -2.08. The third-order valence-corrected chi connectivity index (χ3v) is 2.59. The van der Waals surface area contributed by atoms with Crippen molar-refractivity contribution in [3.8, 4) is 5.75 Å². The van der Waals surface area contributed by atoms with Gasteiger partial charge >= 0.3 is 0 Å². The van der Waals surface area contributed by atoms with Crippen molar-refractivity contribution in [3.05, 3.63) is 64.0 Å². The summed E-state index contributed by atoms with van der Waals surface area (Å²) >= 11 is 5.52. The Morgan fingerprint density at radius 1 is 1.33 bits per heavy atom. The first-order valence-electron chi connectivity index (χ1n) is 5.24. The summed E-state index contributed by atoms with van der Waals surface area (Å²) in [4.78, 5) is 11.6. The number of rotatable bonds is 4. The molecule has 2 aromatic rings. The van der Waals surface area contributed by atoms with Crippen molar-refractivity contribution in [2.24, 2.45) is 0 Å². The highest BCUT2D eigenvalue weighted by Gasteiger charge is 2.06. The molecule has 0 aliphatic carbocycles. The molecule has 0 N–H and O–H groups in total. The van der Waals surface area contributed by atoms with Crippen LogP contribution < -0.4 is 10.2 Å². The van der Waals surface area contributed by atoms with Crippen LogP contribution in [0.1, 0.15) is 11.3 Å². The molecule has 94 valence electrons. The van der Waals surface area contributed by atoms with Gasteiger partial charge in [-0.05, 0) is 6.07 Å². The Labute approximate surface area is 108 Å². The molecule has 2 rings (SSSR count). The maximum Gasteiger partial charge on any atom is 0.227 e. The average molecular weight is 269 g/mol. The summed E-state index contributed by atoms with van der Waals surface area (Å²) in [6.45, 7) is -0.0301. The van der Waals surface area contributed by atoms with Gasteiger partial charge < -0.3 is 9.15 Å². The molecule has 3 nitrogen and oxygen atoms in total. The molecule has 1 heterocycles. The van der Waals surface area contributed by atoms with Crippen LogP contribution in [0, 0.1) is 5.82 Å². The van der Waals surface area contributed by atoms with Gasteiger partial charge in [-0.3, -0.25) is 4.79 Å². The summed E-state index contributed by atoms with van der Waals surface area (Å²) in [6.07, 6.45) is 1.18. The smallest absolute Gasteiger partial charge is 0.227 e. The number of benzene rings is 1. The lowest BCUT2D eigenvalue weighted by molar-refractivity contribution is 0.285. The van der Waals surface area contributed by atoms with E-state index in [4.69, 9.17) is 20.8 Å². The Kier molecular flexibility index (Phi) is 3.99. The second kappa shape index (κ2) is 5.69. The molecule has 0 amide bonds. The topological polar surface area (TPSA) is 39.4 Å². The molecule has 0 aliphatic heterocycles. The number of hydrogen-bond acceptors (Lipinski definition) is 3. The summed E-state index contributed by atoms with van der Waals surface area (Å²) in [5, 5.41) is 0. The second-order valence-electron chi connectivity index (χ2n) is 3.59. The highest BCUT2D eigenvalue weighted by Crippen LogP contribution is 2.12. The van der Waals surface area contributed by atoms with E-state index in [1.165, 1.54) is 18.4 Å². The standard InChI is InChI=1S/C13H10ClFO3/c14-6-10-5-12(16)13(8-17-10)18-7-9-3-1-2-4-11(9)15/h1-5,8H,6-7H2. The molecule has 5 heteroatoms. The van der Waals surface area contributed by atoms with E-state index in [9.17, 15) is 9.18 Å². The van der Waals surface area contributed by atoms with E-state index >= 15 is 0 Å². The van der Waals surface area contributed by atoms with E-state index in [0.29, 0.717) is 11.3 Å². The van der Waals surface area contributed by atoms with Gasteiger partial charge in [0.25, 0.3) is 0 Å². The van der Waals surface area contributed by atoms with E-state index in [0.717, 1.165) is 0 Å². The quantitative estimate of drug-likeness (QED) is 0.800. The molecule has 0 spiro atoms. The monoisotopic (exact) mass is 268 g/mol. The Hall–Kier alpha value is -1.81. The van der Waals surface area contributed by atoms with E-state index in [2.05, 4.69) is 0 Å². The van der Waals surface area contributed by atoms with Gasteiger partial charge in [-0.1, -0.05) is 18.2 Å². The van der Waals surface area contributed by atoms with Crippen LogP contribution in [0.15, 0.2) is 45.8 Å². The zero-order valence-corrected chi connectivity index (χ0v) is 10.1. The predicted octanol–water partition coefficient (Wildman–Crippen LogP) is 3.10. The van der Waals surface area contributed by atoms with Crippen molar-refractivity contribution in [2.75, 3.05) is 0 Å². The summed E-state index contributed by atoms with van der Waals surface area (Å²) in [5.74, 6) is 0.134. The molecule has 1 aromatic heterocycles. The van der Waals surface area contributed by atoms with Crippen LogP contribution in [0.3, 0.4) is 0 Å². The Bertz CT molecular complexity index is 595. The number of halogens is 2. The molecule has 0 saturated carbocycles. The van der Waals surface area contributed by atoms with Gasteiger partial charge in [0.1, 0.15) is 24.4 Å². The fourth-order valence-corrected chi connectivity index (χ4v) is 1.52. The highest BCUT2D eigenvalue weighted by atomic mass is 35.5. The predicted molar refractivity (Wildman–Crippen MR) is 65.3 cm³/mol. The summed E-state index contributed by atoms with van der Waals surface area (Å²) < 4.78 is 23.6. The Morgan fingerprint density at radius 3 is 2.78 bits per heavy atom. The van der Waals surface area contributed by atoms with Crippen LogP contribution >= 0.6 is 11.6 Å². The third-order valence-electron chi connectivity index (χ3n) is 2.32. The maximum absolute atomic E-state index is 13.3. The zero-order valence-electron chi connectivity index (χ0n) is 9.36. The average Bonchev–Trinajstić information content (AvgIpc) is 2.39. The van der Waals surface area contributed by atoms with Crippen molar-refractivity contribution in [1.82, 2.24) is 0 Å². The molecular weight excluding hydrogens is 259 g/mol. The van der Waals surface area contributed by atoms with Gasteiger partial charge in [0, 0.05) is 11.6 Å². The third kappa shape index (κ3) is 2.90. The Balaban J connectivity index is 2.11. The fraction of sp³-hybridized carbons (Fsp3) is 0.154. The maximum atomic E-state index is 13.3. The minimum absolute atomic E-state index is 0.0301. The van der Waals surface area contributed by atoms with Gasteiger partial charge in [0.15, 0.2) is 0 Å². The zero-order chi connectivity index (χ0) is 13.0. The minimum Gasteiger partial charge on any atom is -0.482 e. The SMILES string of the molecule is O=c1cc(CCl)occ1OCc1ccccc1F. The highest BCUT2D eigenvalue weighted by molar-refractivity contribution is 6.16. The summed E-state index contributed by atoms with van der Waals surface area (Å²) in [6, 6.07) is 7.45. The molecule has 0 unspecified atom stereocenters. The lowest BCUT2D eigenvalue weighted by atomic mass is 10.2. The van der Waals surface area contributed by atoms with Gasteiger partial charge in [-0.15, -0.1) is 11.6 Å². The lowest BCUT2D eigenvalue weighted by Gasteiger charge is -2.06. The first kappa shape index (κ1) is 12.6. The molecule has 18 heavy (non-hydrogen) atoms. The van der Waals surface area contributed by atoms with Gasteiger partial charge in [-0.25, -0.2) is 4.39 Å². The number of hydrogen-bond donors (Lipinski definition) is 0. The van der Waals surface area contributed by atoms with Crippen LogP contribution in [-0.2, 0) is 12.5 Å². The van der Waals surface area contributed by atoms with E-state index in [1.807, 2.05) is 0 Å². The van der Waals surface area contributed by atoms with Crippen LogP contribution in [0.2, 0.25) is 0 Å². The summed E-state index contributed by atoms with van der Waals surface area (Å²) in [7, 11) is 0. The molecule has 0 aliphatic rings. The van der Waals surface area contributed by atoms with Crippen LogP contribution in [0.4, 0.5) is 4.39 Å². The molecule has 0 atom stereocenters. The first-order chi connectivity index (χ1) is 8.70. The number of alkyl halides is 1. The van der Waals surface area contributed by atoms with Crippen molar-refractivity contribution in [1.29, 1.82) is 0 Å².